The molecule has 4 aromatic heterocycles. The molecule has 12 heteroatoms. The molecular formula is C28H33N9O3. The summed E-state index contributed by atoms with van der Waals surface area (Å²) >= 11 is 0. The first-order chi connectivity index (χ1) is 19.4. The standard InChI is InChI=1S/C28H33N9O3/c1-19(28(38)35-12-10-34(11-13-35)20-6-8-21(9-7-20)39-16-14-33(2)3)36-18-22-23(31-36)17-25(29)37-27(22)30-26(32-37)24-5-4-15-40-24/h4-9,15,17-19H,10-14,16,29H2,1-3H3. The number of furan rings is 1. The van der Waals surface area contributed by atoms with Crippen LogP contribution in [0.3, 0.4) is 0 Å². The van der Waals surface area contributed by atoms with Gasteiger partial charge in [0.2, 0.25) is 11.7 Å². The number of carbonyl (C=O) groups is 1. The van der Waals surface area contributed by atoms with Crippen molar-refractivity contribution in [3.05, 3.63) is 54.9 Å². The average molecular weight is 544 g/mol. The van der Waals surface area contributed by atoms with E-state index in [4.69, 9.17) is 14.9 Å². The fourth-order valence-electron chi connectivity index (χ4n) is 4.92. The Bertz CT molecular complexity index is 1610. The molecule has 5 heterocycles. The number of amides is 1. The highest BCUT2D eigenvalue weighted by molar-refractivity contribution is 5.94. The van der Waals surface area contributed by atoms with Crippen molar-refractivity contribution in [3.8, 4) is 17.3 Å². The zero-order chi connectivity index (χ0) is 27.8. The lowest BCUT2D eigenvalue weighted by Gasteiger charge is -2.37. The summed E-state index contributed by atoms with van der Waals surface area (Å²) in [6.07, 6.45) is 3.41. The molecule has 6 rings (SSSR count). The molecule has 1 fully saturated rings. The summed E-state index contributed by atoms with van der Waals surface area (Å²) in [5, 5.41) is 9.92. The van der Waals surface area contributed by atoms with Crippen LogP contribution in [0.2, 0.25) is 0 Å². The molecule has 1 amide bonds. The van der Waals surface area contributed by atoms with Crippen molar-refractivity contribution in [3.63, 3.8) is 0 Å². The molecule has 1 aliphatic heterocycles. The van der Waals surface area contributed by atoms with Crippen molar-refractivity contribution in [2.75, 3.05) is 64.1 Å². The molecule has 0 spiro atoms. The van der Waals surface area contributed by atoms with Gasteiger partial charge in [-0.3, -0.25) is 9.48 Å². The molecule has 1 unspecified atom stereocenters. The van der Waals surface area contributed by atoms with E-state index < -0.39 is 6.04 Å². The van der Waals surface area contributed by atoms with Gasteiger partial charge in [-0.2, -0.15) is 9.61 Å². The number of nitrogen functional groups attached to an aromatic ring is 1. The summed E-state index contributed by atoms with van der Waals surface area (Å²) in [7, 11) is 4.05. The lowest BCUT2D eigenvalue weighted by atomic mass is 10.2. The smallest absolute Gasteiger partial charge is 0.247 e. The molecule has 5 aromatic rings. The van der Waals surface area contributed by atoms with Crippen LogP contribution < -0.4 is 15.4 Å². The Hall–Kier alpha value is -4.58. The third-order valence-electron chi connectivity index (χ3n) is 7.23. The second-order valence-electron chi connectivity index (χ2n) is 10.3. The van der Waals surface area contributed by atoms with Crippen LogP contribution in [0.5, 0.6) is 5.75 Å². The number of anilines is 2. The van der Waals surface area contributed by atoms with E-state index in [1.54, 1.807) is 33.7 Å². The molecule has 0 bridgehead atoms. The number of ether oxygens (including phenoxy) is 1. The minimum atomic E-state index is -0.480. The summed E-state index contributed by atoms with van der Waals surface area (Å²) in [4.78, 5) is 24.4. The number of rotatable bonds is 8. The van der Waals surface area contributed by atoms with Gasteiger partial charge in [-0.25, -0.2) is 4.98 Å². The molecule has 0 radical (unpaired) electrons. The van der Waals surface area contributed by atoms with Crippen LogP contribution >= 0.6 is 0 Å². The summed E-state index contributed by atoms with van der Waals surface area (Å²) in [6, 6.07) is 13.0. The van der Waals surface area contributed by atoms with E-state index >= 15 is 0 Å². The molecule has 208 valence electrons. The Kier molecular flexibility index (Phi) is 6.76. The van der Waals surface area contributed by atoms with Crippen molar-refractivity contribution in [2.24, 2.45) is 0 Å². The quantitative estimate of drug-likeness (QED) is 0.315. The van der Waals surface area contributed by atoms with E-state index in [0.717, 1.165) is 36.5 Å². The SMILES string of the molecule is CC(C(=O)N1CCN(c2ccc(OCCN(C)C)cc2)CC1)n1cc2c(cc(N)n3nc(-c4ccco4)nc23)n1. The Morgan fingerprint density at radius 2 is 1.90 bits per heavy atom. The lowest BCUT2D eigenvalue weighted by molar-refractivity contribution is -0.134. The monoisotopic (exact) mass is 543 g/mol. The Balaban J connectivity index is 1.12. The third-order valence-corrected chi connectivity index (χ3v) is 7.23. The number of nitrogens with two attached hydrogens (primary N) is 1. The van der Waals surface area contributed by atoms with E-state index in [1.807, 2.05) is 44.2 Å². The molecule has 0 aliphatic carbocycles. The van der Waals surface area contributed by atoms with E-state index in [0.29, 0.717) is 48.3 Å². The molecule has 40 heavy (non-hydrogen) atoms. The number of fused-ring (bicyclic) bond motifs is 3. The first-order valence-corrected chi connectivity index (χ1v) is 13.4. The summed E-state index contributed by atoms with van der Waals surface area (Å²) in [6.45, 7) is 6.18. The maximum absolute atomic E-state index is 13.5. The highest BCUT2D eigenvalue weighted by Gasteiger charge is 2.27. The zero-order valence-corrected chi connectivity index (χ0v) is 22.9. The molecule has 1 aliphatic rings. The van der Waals surface area contributed by atoms with Crippen LogP contribution in [0.4, 0.5) is 11.5 Å². The van der Waals surface area contributed by atoms with Crippen LogP contribution in [0, 0.1) is 0 Å². The first-order valence-electron chi connectivity index (χ1n) is 13.4. The number of pyridine rings is 1. The van der Waals surface area contributed by atoms with Gasteiger partial charge in [0.15, 0.2) is 11.4 Å². The number of hydrogen-bond acceptors (Lipinski definition) is 9. The fourth-order valence-corrected chi connectivity index (χ4v) is 4.92. The Morgan fingerprint density at radius 3 is 2.60 bits per heavy atom. The van der Waals surface area contributed by atoms with Crippen molar-refractivity contribution in [2.45, 2.75) is 13.0 Å². The first kappa shape index (κ1) is 25.7. The van der Waals surface area contributed by atoms with Crippen molar-refractivity contribution in [1.82, 2.24) is 34.2 Å². The van der Waals surface area contributed by atoms with E-state index in [2.05, 4.69) is 37.1 Å². The number of hydrogen-bond donors (Lipinski definition) is 1. The van der Waals surface area contributed by atoms with Gasteiger partial charge in [-0.15, -0.1) is 5.10 Å². The number of piperazine rings is 1. The molecule has 12 nitrogen and oxygen atoms in total. The van der Waals surface area contributed by atoms with E-state index in [9.17, 15) is 4.79 Å². The van der Waals surface area contributed by atoms with E-state index in [-0.39, 0.29) is 5.91 Å². The zero-order valence-electron chi connectivity index (χ0n) is 22.9. The maximum atomic E-state index is 13.5. The number of nitrogens with zero attached hydrogens (tertiary/aromatic N) is 8. The van der Waals surface area contributed by atoms with Gasteiger partial charge < -0.3 is 29.6 Å². The van der Waals surface area contributed by atoms with Gasteiger partial charge >= 0.3 is 0 Å². The summed E-state index contributed by atoms with van der Waals surface area (Å²) in [5.74, 6) is 2.28. The van der Waals surface area contributed by atoms with Gasteiger partial charge in [0.25, 0.3) is 0 Å². The van der Waals surface area contributed by atoms with Crippen LogP contribution in [0.1, 0.15) is 13.0 Å². The second-order valence-corrected chi connectivity index (χ2v) is 10.3. The normalized spacial score (nSPS) is 14.9. The van der Waals surface area contributed by atoms with Crippen molar-refractivity contribution < 1.29 is 13.9 Å². The molecule has 2 N–H and O–H groups in total. The summed E-state index contributed by atoms with van der Waals surface area (Å²) < 4.78 is 14.5. The van der Waals surface area contributed by atoms with Crippen LogP contribution in [-0.2, 0) is 4.79 Å². The fraction of sp³-hybridized carbons (Fsp3) is 0.357. The molecule has 1 atom stereocenters. The summed E-state index contributed by atoms with van der Waals surface area (Å²) in [5.41, 5.74) is 8.59. The van der Waals surface area contributed by atoms with Crippen molar-refractivity contribution in [1.29, 1.82) is 0 Å². The highest BCUT2D eigenvalue weighted by Crippen LogP contribution is 2.27. The number of likely N-dealkylation sites (N-methyl/N-ethyl adjacent to an activating group) is 1. The predicted molar refractivity (Wildman–Crippen MR) is 152 cm³/mol. The predicted octanol–water partition coefficient (Wildman–Crippen LogP) is 2.77. The molecule has 1 aromatic carbocycles. The van der Waals surface area contributed by atoms with Gasteiger partial charge in [-0.05, 0) is 57.4 Å². The minimum Gasteiger partial charge on any atom is -0.492 e. The number of carbonyl (C=O) groups excluding carboxylic acids is 1. The topological polar surface area (TPSA) is 123 Å². The van der Waals surface area contributed by atoms with Crippen molar-refractivity contribution >= 4 is 34.0 Å². The van der Waals surface area contributed by atoms with Gasteiger partial charge in [0.05, 0.1) is 17.2 Å². The van der Waals surface area contributed by atoms with Crippen LogP contribution in [-0.4, -0.2) is 93.5 Å². The van der Waals surface area contributed by atoms with E-state index in [1.165, 1.54) is 0 Å². The minimum absolute atomic E-state index is 0.0267. The third kappa shape index (κ3) is 4.93. The highest BCUT2D eigenvalue weighted by atomic mass is 16.5. The molecule has 0 saturated carbocycles. The Morgan fingerprint density at radius 1 is 1.12 bits per heavy atom. The number of benzene rings is 1. The second kappa shape index (κ2) is 10.5. The number of aromatic nitrogens is 5. The van der Waals surface area contributed by atoms with Crippen LogP contribution in [0.25, 0.3) is 28.1 Å². The van der Waals surface area contributed by atoms with Gasteiger partial charge in [0.1, 0.15) is 24.2 Å². The average Bonchev–Trinajstić information content (AvgIpc) is 3.72. The molecular weight excluding hydrogens is 510 g/mol. The van der Waals surface area contributed by atoms with Crippen LogP contribution in [0.15, 0.2) is 59.3 Å². The lowest BCUT2D eigenvalue weighted by Crippen LogP contribution is -2.50. The maximum Gasteiger partial charge on any atom is 0.247 e. The van der Waals surface area contributed by atoms with Gasteiger partial charge in [0, 0.05) is 50.7 Å². The Labute approximate surface area is 231 Å². The largest absolute Gasteiger partial charge is 0.492 e. The van der Waals surface area contributed by atoms with Gasteiger partial charge in [-0.1, -0.05) is 0 Å². The molecule has 1 saturated heterocycles.